The molecule has 3 aromatic carbocycles. The molecule has 1 aliphatic rings. The predicted molar refractivity (Wildman–Crippen MR) is 145 cm³/mol. The summed E-state index contributed by atoms with van der Waals surface area (Å²) >= 11 is 0. The van der Waals surface area contributed by atoms with Crippen LogP contribution in [0.25, 0.3) is 5.69 Å². The van der Waals surface area contributed by atoms with E-state index in [-0.39, 0.29) is 35.3 Å². The van der Waals surface area contributed by atoms with Gasteiger partial charge < -0.3 is 15.5 Å². The van der Waals surface area contributed by atoms with E-state index in [1.54, 1.807) is 24.3 Å². The molecular formula is C31H28F3N3O4. The molecule has 0 saturated heterocycles. The highest BCUT2D eigenvalue weighted by atomic mass is 19.1. The van der Waals surface area contributed by atoms with E-state index in [1.807, 2.05) is 0 Å². The number of nitrogens with zero attached hydrogens (tertiary/aromatic N) is 2. The molecule has 1 unspecified atom stereocenters. The van der Waals surface area contributed by atoms with Gasteiger partial charge in [-0.2, -0.15) is 5.10 Å². The number of carboxylic acid groups (broad SMARTS) is 1. The van der Waals surface area contributed by atoms with E-state index in [4.69, 9.17) is 0 Å². The van der Waals surface area contributed by atoms with Gasteiger partial charge in [-0.25, -0.2) is 22.6 Å². The summed E-state index contributed by atoms with van der Waals surface area (Å²) in [6.07, 6.45) is 3.12. The van der Waals surface area contributed by atoms with Gasteiger partial charge in [-0.05, 0) is 73.2 Å². The number of phenols is 1. The first kappa shape index (κ1) is 27.9. The van der Waals surface area contributed by atoms with E-state index in [9.17, 15) is 28.6 Å². The minimum absolute atomic E-state index is 0.0216. The highest BCUT2D eigenvalue weighted by molar-refractivity contribution is 5.96. The van der Waals surface area contributed by atoms with Crippen LogP contribution in [0.5, 0.6) is 5.75 Å². The van der Waals surface area contributed by atoms with E-state index in [0.29, 0.717) is 36.1 Å². The molecule has 0 fully saturated rings. The molecule has 41 heavy (non-hydrogen) atoms. The van der Waals surface area contributed by atoms with Crippen molar-refractivity contribution < 1.29 is 33.0 Å². The van der Waals surface area contributed by atoms with Gasteiger partial charge in [-0.3, -0.25) is 4.79 Å². The Balaban J connectivity index is 1.55. The zero-order valence-electron chi connectivity index (χ0n) is 22.0. The third kappa shape index (κ3) is 6.26. The maximum Gasteiger partial charge on any atom is 0.326 e. The lowest BCUT2D eigenvalue weighted by Gasteiger charge is -2.19. The number of amides is 1. The average molecular weight is 564 g/mol. The van der Waals surface area contributed by atoms with Crippen LogP contribution < -0.4 is 5.32 Å². The van der Waals surface area contributed by atoms with Crippen molar-refractivity contribution in [1.82, 2.24) is 15.1 Å². The van der Waals surface area contributed by atoms with Crippen molar-refractivity contribution in [1.29, 1.82) is 0 Å². The third-order valence-corrected chi connectivity index (χ3v) is 7.37. The van der Waals surface area contributed by atoms with E-state index < -0.39 is 29.6 Å². The summed E-state index contributed by atoms with van der Waals surface area (Å²) in [4.78, 5) is 25.7. The Hall–Kier alpha value is -4.60. The summed E-state index contributed by atoms with van der Waals surface area (Å²) in [7, 11) is 0. The largest absolute Gasteiger partial charge is 0.508 e. The summed E-state index contributed by atoms with van der Waals surface area (Å²) in [5, 5.41) is 26.4. The Morgan fingerprint density at radius 2 is 1.63 bits per heavy atom. The molecule has 4 aromatic rings. The average Bonchev–Trinajstić information content (AvgIpc) is 3.19. The molecule has 0 aliphatic heterocycles. The van der Waals surface area contributed by atoms with Gasteiger partial charge in [0.15, 0.2) is 11.5 Å². The van der Waals surface area contributed by atoms with Gasteiger partial charge in [-0.15, -0.1) is 0 Å². The van der Waals surface area contributed by atoms with Crippen LogP contribution in [0.1, 0.15) is 58.1 Å². The van der Waals surface area contributed by atoms with Crippen LogP contribution in [0, 0.1) is 17.5 Å². The Bertz CT molecular complexity index is 1570. The lowest BCUT2D eigenvalue weighted by molar-refractivity contribution is -0.139. The fourth-order valence-electron chi connectivity index (χ4n) is 5.38. The van der Waals surface area contributed by atoms with E-state index in [2.05, 4.69) is 10.4 Å². The Morgan fingerprint density at radius 3 is 2.32 bits per heavy atom. The Labute approximate surface area is 234 Å². The van der Waals surface area contributed by atoms with Crippen molar-refractivity contribution in [2.75, 3.05) is 0 Å². The predicted octanol–water partition coefficient (Wildman–Crippen LogP) is 5.47. The molecule has 212 valence electrons. The van der Waals surface area contributed by atoms with Gasteiger partial charge in [0, 0.05) is 24.0 Å². The second-order valence-electron chi connectivity index (χ2n) is 10.2. The highest BCUT2D eigenvalue weighted by Gasteiger charge is 2.33. The monoisotopic (exact) mass is 563 g/mol. The topological polar surface area (TPSA) is 104 Å². The summed E-state index contributed by atoms with van der Waals surface area (Å²) in [6, 6.07) is 13.9. The van der Waals surface area contributed by atoms with E-state index in [0.717, 1.165) is 30.5 Å². The molecule has 5 rings (SSSR count). The lowest BCUT2D eigenvalue weighted by Crippen LogP contribution is -2.42. The van der Waals surface area contributed by atoms with Crippen LogP contribution >= 0.6 is 0 Å². The maximum absolute atomic E-state index is 15.1. The Morgan fingerprint density at radius 1 is 0.951 bits per heavy atom. The van der Waals surface area contributed by atoms with E-state index in [1.165, 1.54) is 35.0 Å². The number of carboxylic acids is 1. The SMILES string of the molecule is O=C(N[C@H](Cc1ccc(O)cc1)C(=O)O)c1nn(-c2ccc(F)cc2F)c2c1CCCCC2Cc1ccc(F)cc1. The molecule has 0 saturated carbocycles. The summed E-state index contributed by atoms with van der Waals surface area (Å²) in [5.41, 5.74) is 2.55. The Kier molecular flexibility index (Phi) is 8.09. The molecule has 0 radical (unpaired) electrons. The van der Waals surface area contributed by atoms with Gasteiger partial charge in [0.1, 0.15) is 29.1 Å². The van der Waals surface area contributed by atoms with Crippen molar-refractivity contribution in [2.45, 2.75) is 50.5 Å². The molecule has 7 nitrogen and oxygen atoms in total. The minimum Gasteiger partial charge on any atom is -0.508 e. The first-order valence-electron chi connectivity index (χ1n) is 13.3. The van der Waals surface area contributed by atoms with Crippen LogP contribution in [0.2, 0.25) is 0 Å². The van der Waals surface area contributed by atoms with Crippen molar-refractivity contribution in [3.05, 3.63) is 112 Å². The standard InChI is InChI=1S/C31H28F3N3O4/c32-21-9-5-18(6-10-21)15-20-3-1-2-4-24-28(36-37(29(20)24)27-14-11-22(33)17-25(27)34)30(39)35-26(31(40)41)16-19-7-12-23(38)13-8-19/h5-14,17,20,26,38H,1-4,15-16H2,(H,35,39)(H,40,41)/t20?,26-/m1/s1. The number of rotatable bonds is 8. The van der Waals surface area contributed by atoms with Gasteiger partial charge in [0.25, 0.3) is 5.91 Å². The molecule has 1 amide bonds. The van der Waals surface area contributed by atoms with Crippen LogP contribution in [0.4, 0.5) is 13.2 Å². The normalized spacial score (nSPS) is 15.5. The van der Waals surface area contributed by atoms with Crippen LogP contribution in [0.15, 0.2) is 66.7 Å². The van der Waals surface area contributed by atoms with Crippen molar-refractivity contribution in [2.24, 2.45) is 0 Å². The highest BCUT2D eigenvalue weighted by Crippen LogP contribution is 2.37. The van der Waals surface area contributed by atoms with Gasteiger partial charge in [-0.1, -0.05) is 30.7 Å². The quantitative estimate of drug-likeness (QED) is 0.247. The number of hydrogen-bond acceptors (Lipinski definition) is 4. The minimum atomic E-state index is -1.30. The van der Waals surface area contributed by atoms with Gasteiger partial charge in [0.05, 0.1) is 5.69 Å². The maximum atomic E-state index is 15.1. The van der Waals surface area contributed by atoms with Crippen LogP contribution in [0.3, 0.4) is 0 Å². The number of phenolic OH excluding ortho intramolecular Hbond substituents is 1. The zero-order valence-corrected chi connectivity index (χ0v) is 22.0. The number of aromatic nitrogens is 2. The number of aliphatic carboxylic acids is 1. The fraction of sp³-hybridized carbons (Fsp3) is 0.258. The second kappa shape index (κ2) is 11.9. The lowest BCUT2D eigenvalue weighted by atomic mass is 9.90. The molecule has 10 heteroatoms. The summed E-state index contributed by atoms with van der Waals surface area (Å²) in [6.45, 7) is 0. The number of benzene rings is 3. The zero-order chi connectivity index (χ0) is 29.1. The molecule has 1 aromatic heterocycles. The molecule has 3 N–H and O–H groups in total. The number of hydrogen-bond donors (Lipinski definition) is 3. The number of nitrogens with one attached hydrogen (secondary N) is 1. The van der Waals surface area contributed by atoms with Crippen molar-refractivity contribution in [3.63, 3.8) is 0 Å². The molecule has 2 atom stereocenters. The van der Waals surface area contributed by atoms with Gasteiger partial charge >= 0.3 is 5.97 Å². The first-order valence-corrected chi connectivity index (χ1v) is 13.3. The molecular weight excluding hydrogens is 535 g/mol. The van der Waals surface area contributed by atoms with E-state index >= 15 is 4.39 Å². The smallest absolute Gasteiger partial charge is 0.326 e. The number of aromatic hydroxyl groups is 1. The summed E-state index contributed by atoms with van der Waals surface area (Å²) in [5.74, 6) is -4.16. The molecule has 0 spiro atoms. The number of halogens is 3. The van der Waals surface area contributed by atoms with Crippen LogP contribution in [-0.4, -0.2) is 37.9 Å². The van der Waals surface area contributed by atoms with Crippen molar-refractivity contribution >= 4 is 11.9 Å². The third-order valence-electron chi connectivity index (χ3n) is 7.37. The van der Waals surface area contributed by atoms with Gasteiger partial charge in [0.2, 0.25) is 0 Å². The molecule has 1 aliphatic carbocycles. The van der Waals surface area contributed by atoms with Crippen LogP contribution in [-0.2, 0) is 24.1 Å². The summed E-state index contributed by atoms with van der Waals surface area (Å²) < 4.78 is 43.7. The number of carbonyl (C=O) groups excluding carboxylic acids is 1. The second-order valence-corrected chi connectivity index (χ2v) is 10.2. The fourth-order valence-corrected chi connectivity index (χ4v) is 5.38. The molecule has 0 bridgehead atoms. The number of fused-ring (bicyclic) bond motifs is 1. The molecule has 1 heterocycles. The van der Waals surface area contributed by atoms with Crippen molar-refractivity contribution in [3.8, 4) is 11.4 Å². The first-order chi connectivity index (χ1) is 19.7. The number of carbonyl (C=O) groups is 2.